The van der Waals surface area contributed by atoms with E-state index in [0.717, 1.165) is 38.0 Å². The predicted octanol–water partition coefficient (Wildman–Crippen LogP) is 2.10. The van der Waals surface area contributed by atoms with Crippen molar-refractivity contribution < 1.29 is 14.2 Å². The van der Waals surface area contributed by atoms with Gasteiger partial charge in [-0.1, -0.05) is 0 Å². The lowest BCUT2D eigenvalue weighted by Gasteiger charge is -2.27. The van der Waals surface area contributed by atoms with Crippen molar-refractivity contribution in [3.8, 4) is 0 Å². The summed E-state index contributed by atoms with van der Waals surface area (Å²) in [6.45, 7) is 6.42. The molecule has 0 aliphatic carbocycles. The van der Waals surface area contributed by atoms with Crippen LogP contribution in [0.2, 0.25) is 18.1 Å². The van der Waals surface area contributed by atoms with Gasteiger partial charge in [0.2, 0.25) is 0 Å². The topological polar surface area (TPSA) is 27.7 Å². The minimum Gasteiger partial charge on any atom is -0.385 e. The lowest BCUT2D eigenvalue weighted by molar-refractivity contribution is 0.201. The summed E-state index contributed by atoms with van der Waals surface area (Å²) < 4.78 is 15.5. The molecule has 15 heavy (non-hydrogen) atoms. The van der Waals surface area contributed by atoms with Gasteiger partial charge in [-0.15, -0.1) is 12.3 Å². The second kappa shape index (κ2) is 9.09. The minimum absolute atomic E-state index is 0.811. The largest absolute Gasteiger partial charge is 0.385 e. The summed E-state index contributed by atoms with van der Waals surface area (Å²) in [7, 11) is 3.79. The van der Waals surface area contributed by atoms with Gasteiger partial charge >= 0.3 is 0 Å². The summed E-state index contributed by atoms with van der Waals surface area (Å²) in [6, 6.07) is 3.33. The van der Waals surface area contributed by atoms with Crippen molar-refractivity contribution in [1.29, 1.82) is 0 Å². The molecule has 0 bridgehead atoms. The van der Waals surface area contributed by atoms with E-state index in [0.29, 0.717) is 0 Å². The third-order valence-electron chi connectivity index (χ3n) is 2.85. The molecule has 90 valence electrons. The Labute approximate surface area is 94.4 Å². The lowest BCUT2D eigenvalue weighted by Crippen LogP contribution is -2.35. The van der Waals surface area contributed by atoms with Gasteiger partial charge in [-0.3, -0.25) is 0 Å². The third-order valence-corrected chi connectivity index (χ3v) is 7.31. The molecule has 0 aromatic heterocycles. The molecule has 0 heterocycles. The maximum absolute atomic E-state index is 5.16. The molecular weight excluding hydrogens is 208 g/mol. The summed E-state index contributed by atoms with van der Waals surface area (Å²) in [6.07, 6.45) is 0. The Balaban J connectivity index is 4.23. The molecule has 0 saturated carbocycles. The van der Waals surface area contributed by atoms with Crippen molar-refractivity contribution in [2.45, 2.75) is 18.1 Å². The zero-order valence-electron chi connectivity index (χ0n) is 10.3. The minimum atomic E-state index is -1.44. The molecule has 0 atom stereocenters. The molecule has 0 radical (unpaired) electrons. The van der Waals surface area contributed by atoms with E-state index >= 15 is 0 Å². The van der Waals surface area contributed by atoms with E-state index in [2.05, 4.69) is 12.3 Å². The second-order valence-corrected chi connectivity index (χ2v) is 8.43. The van der Waals surface area contributed by atoms with E-state index in [1.54, 1.807) is 21.3 Å². The molecule has 3 nitrogen and oxygen atoms in total. The van der Waals surface area contributed by atoms with Crippen LogP contribution in [0.1, 0.15) is 0 Å². The van der Waals surface area contributed by atoms with E-state index < -0.39 is 8.07 Å². The molecule has 0 fully saturated rings. The van der Waals surface area contributed by atoms with E-state index in [9.17, 15) is 0 Å². The van der Waals surface area contributed by atoms with Crippen molar-refractivity contribution >= 4 is 8.07 Å². The predicted molar refractivity (Wildman–Crippen MR) is 66.0 cm³/mol. The number of hydrogen-bond acceptors (Lipinski definition) is 3. The second-order valence-electron chi connectivity index (χ2n) is 3.79. The summed E-state index contributed by atoms with van der Waals surface area (Å²) in [5, 5.41) is 0. The zero-order valence-corrected chi connectivity index (χ0v) is 11.3. The van der Waals surface area contributed by atoms with E-state index in [-0.39, 0.29) is 0 Å². The zero-order chi connectivity index (χ0) is 11.6. The Morgan fingerprint density at radius 1 is 0.867 bits per heavy atom. The number of ether oxygens (including phenoxy) is 3. The van der Waals surface area contributed by atoms with Crippen molar-refractivity contribution in [2.75, 3.05) is 41.2 Å². The van der Waals surface area contributed by atoms with Crippen LogP contribution in [-0.2, 0) is 14.2 Å². The van der Waals surface area contributed by atoms with Gasteiger partial charge in [0.15, 0.2) is 0 Å². The van der Waals surface area contributed by atoms with Crippen LogP contribution >= 0.6 is 0 Å². The van der Waals surface area contributed by atoms with Gasteiger partial charge in [0.25, 0.3) is 0 Å². The first-order valence-corrected chi connectivity index (χ1v) is 8.05. The third kappa shape index (κ3) is 6.09. The Bertz CT molecular complexity index is 140. The van der Waals surface area contributed by atoms with Crippen molar-refractivity contribution in [3.63, 3.8) is 0 Å². The summed E-state index contributed by atoms with van der Waals surface area (Å²) in [5.74, 6) is 0. The van der Waals surface area contributed by atoms with Gasteiger partial charge in [-0.05, 0) is 18.1 Å². The van der Waals surface area contributed by atoms with Gasteiger partial charge in [0.1, 0.15) is 0 Å². The molecule has 0 amide bonds. The molecule has 4 heteroatoms. The highest BCUT2D eigenvalue weighted by Crippen LogP contribution is 2.22. The van der Waals surface area contributed by atoms with Crippen molar-refractivity contribution in [3.05, 3.63) is 12.3 Å². The average Bonchev–Trinajstić information content (AvgIpc) is 2.29. The lowest BCUT2D eigenvalue weighted by atomic mass is 10.8. The highest BCUT2D eigenvalue weighted by molar-refractivity contribution is 6.84. The van der Waals surface area contributed by atoms with Gasteiger partial charge in [0, 0.05) is 41.2 Å². The van der Waals surface area contributed by atoms with Crippen LogP contribution < -0.4 is 0 Å². The Kier molecular flexibility index (Phi) is 8.99. The van der Waals surface area contributed by atoms with Crippen LogP contribution in [0.4, 0.5) is 0 Å². The molecular formula is C11H24O3Si. The molecule has 0 aliphatic rings. The normalized spacial score (nSPS) is 11.7. The first-order valence-electron chi connectivity index (χ1n) is 5.35. The van der Waals surface area contributed by atoms with Crippen LogP contribution in [0.15, 0.2) is 12.3 Å². The summed E-state index contributed by atoms with van der Waals surface area (Å²) >= 11 is 0. The Morgan fingerprint density at radius 2 is 1.20 bits per heavy atom. The average molecular weight is 232 g/mol. The monoisotopic (exact) mass is 232 g/mol. The quantitative estimate of drug-likeness (QED) is 0.540. The van der Waals surface area contributed by atoms with E-state index in [1.165, 1.54) is 0 Å². The Morgan fingerprint density at radius 3 is 1.40 bits per heavy atom. The molecule has 0 aliphatic heterocycles. The van der Waals surface area contributed by atoms with E-state index in [1.807, 2.05) is 0 Å². The molecule has 0 rings (SSSR count). The maximum Gasteiger partial charge on any atom is 0.0838 e. The van der Waals surface area contributed by atoms with Gasteiger partial charge in [0.05, 0.1) is 8.07 Å². The van der Waals surface area contributed by atoms with Crippen LogP contribution in [0, 0.1) is 0 Å². The van der Waals surface area contributed by atoms with Gasteiger partial charge < -0.3 is 14.2 Å². The molecule has 0 aromatic carbocycles. The SMILES string of the molecule is C=C[Si](CCOC)(CCOC)CCOC. The summed E-state index contributed by atoms with van der Waals surface area (Å²) in [5.41, 5.74) is 2.16. The standard InChI is InChI=1S/C11H24O3Si/c1-5-15(9-6-12-2,10-7-13-3)11-8-14-4/h5H,1,6-11H2,2-4H3. The first-order chi connectivity index (χ1) is 7.24. The molecule has 0 spiro atoms. The highest BCUT2D eigenvalue weighted by atomic mass is 28.3. The first kappa shape index (κ1) is 14.8. The molecule has 0 unspecified atom stereocenters. The van der Waals surface area contributed by atoms with Gasteiger partial charge in [-0.25, -0.2) is 0 Å². The van der Waals surface area contributed by atoms with Crippen molar-refractivity contribution in [1.82, 2.24) is 0 Å². The fraction of sp³-hybridized carbons (Fsp3) is 0.818. The van der Waals surface area contributed by atoms with Crippen molar-refractivity contribution in [2.24, 2.45) is 0 Å². The van der Waals surface area contributed by atoms with Gasteiger partial charge in [-0.2, -0.15) is 0 Å². The maximum atomic E-state index is 5.16. The number of methoxy groups -OCH3 is 3. The number of rotatable bonds is 10. The van der Waals surface area contributed by atoms with Crippen LogP contribution in [0.25, 0.3) is 0 Å². The number of hydrogen-bond donors (Lipinski definition) is 0. The fourth-order valence-corrected chi connectivity index (χ4v) is 4.79. The van der Waals surface area contributed by atoms with Crippen LogP contribution in [0.3, 0.4) is 0 Å². The summed E-state index contributed by atoms with van der Waals surface area (Å²) in [4.78, 5) is 0. The van der Waals surface area contributed by atoms with E-state index in [4.69, 9.17) is 14.2 Å². The molecule has 0 saturated heterocycles. The molecule has 0 aromatic rings. The molecule has 0 N–H and O–H groups in total. The fourth-order valence-electron chi connectivity index (χ4n) is 1.60. The van der Waals surface area contributed by atoms with Crippen LogP contribution in [0.5, 0.6) is 0 Å². The van der Waals surface area contributed by atoms with Crippen LogP contribution in [-0.4, -0.2) is 49.2 Å². The smallest absolute Gasteiger partial charge is 0.0838 e. The Hall–Kier alpha value is -0.163. The highest BCUT2D eigenvalue weighted by Gasteiger charge is 2.28.